The average molecular weight is 315 g/mol. The van der Waals surface area contributed by atoms with E-state index in [1.165, 1.54) is 5.56 Å². The quantitative estimate of drug-likeness (QED) is 0.749. The molecule has 0 saturated carbocycles. The molecular formula is C19H17N5. The van der Waals surface area contributed by atoms with E-state index >= 15 is 0 Å². The lowest BCUT2D eigenvalue weighted by atomic mass is 10.0. The standard InChI is InChI=1S/C19H17N5/c1-2-7-15-13(5-1)18-22-9-4-12-24(18)19(23-15)14-6-3-8-16-17(14)21-11-10-20-16/h1-3,5-8,10-11,19,23H,4,9,12H2/t19-/m0/s1. The number of hydrogen-bond acceptors (Lipinski definition) is 5. The minimum atomic E-state index is 0.0272. The van der Waals surface area contributed by atoms with Gasteiger partial charge in [-0.1, -0.05) is 24.3 Å². The first-order chi connectivity index (χ1) is 11.9. The Morgan fingerprint density at radius 1 is 1.00 bits per heavy atom. The number of hydrogen-bond donors (Lipinski definition) is 1. The van der Waals surface area contributed by atoms with Crippen LogP contribution in [0.15, 0.2) is 59.9 Å². The van der Waals surface area contributed by atoms with Gasteiger partial charge < -0.3 is 10.2 Å². The summed E-state index contributed by atoms with van der Waals surface area (Å²) in [6, 6.07) is 14.6. The van der Waals surface area contributed by atoms with Gasteiger partial charge in [0.1, 0.15) is 12.0 Å². The summed E-state index contributed by atoms with van der Waals surface area (Å²) in [7, 11) is 0. The Balaban J connectivity index is 1.71. The maximum Gasteiger partial charge on any atom is 0.134 e. The molecule has 1 aromatic heterocycles. The number of rotatable bonds is 1. The van der Waals surface area contributed by atoms with Crippen LogP contribution in [-0.4, -0.2) is 33.8 Å². The summed E-state index contributed by atoms with van der Waals surface area (Å²) in [4.78, 5) is 16.2. The summed E-state index contributed by atoms with van der Waals surface area (Å²) < 4.78 is 0. The van der Waals surface area contributed by atoms with Gasteiger partial charge in [-0.3, -0.25) is 15.0 Å². The van der Waals surface area contributed by atoms with E-state index in [0.717, 1.165) is 47.6 Å². The Morgan fingerprint density at radius 3 is 2.92 bits per heavy atom. The molecule has 118 valence electrons. The summed E-state index contributed by atoms with van der Waals surface area (Å²) in [6.07, 6.45) is 4.59. The van der Waals surface area contributed by atoms with Gasteiger partial charge in [0.05, 0.1) is 11.0 Å². The average Bonchev–Trinajstić information content (AvgIpc) is 2.67. The molecule has 0 fully saturated rings. The van der Waals surface area contributed by atoms with Gasteiger partial charge in [-0.2, -0.15) is 0 Å². The zero-order valence-electron chi connectivity index (χ0n) is 13.2. The number of benzene rings is 2. The van der Waals surface area contributed by atoms with Crippen LogP contribution in [0, 0.1) is 0 Å². The highest BCUT2D eigenvalue weighted by Crippen LogP contribution is 2.36. The van der Waals surface area contributed by atoms with Crippen LogP contribution < -0.4 is 5.32 Å². The number of nitrogens with zero attached hydrogens (tertiary/aromatic N) is 4. The summed E-state index contributed by atoms with van der Waals surface area (Å²) in [6.45, 7) is 1.88. The molecule has 5 rings (SSSR count). The lowest BCUT2D eigenvalue weighted by Gasteiger charge is -2.42. The van der Waals surface area contributed by atoms with Crippen molar-refractivity contribution in [1.82, 2.24) is 14.9 Å². The van der Waals surface area contributed by atoms with Crippen LogP contribution >= 0.6 is 0 Å². The Kier molecular flexibility index (Phi) is 2.98. The Bertz CT molecular complexity index is 944. The highest BCUT2D eigenvalue weighted by molar-refractivity contribution is 6.06. The second-order valence-corrected chi connectivity index (χ2v) is 6.12. The monoisotopic (exact) mass is 315 g/mol. The molecule has 0 unspecified atom stereocenters. The Morgan fingerprint density at radius 2 is 1.92 bits per heavy atom. The van der Waals surface area contributed by atoms with E-state index in [1.54, 1.807) is 12.4 Å². The van der Waals surface area contributed by atoms with Crippen molar-refractivity contribution in [3.63, 3.8) is 0 Å². The molecular weight excluding hydrogens is 298 g/mol. The van der Waals surface area contributed by atoms with Gasteiger partial charge in [0.25, 0.3) is 0 Å². The SMILES string of the molecule is c1ccc2c(c1)N[C@H](c1cccc3nccnc13)N1CCCN=C21. The van der Waals surface area contributed by atoms with Gasteiger partial charge in [0.15, 0.2) is 0 Å². The maximum atomic E-state index is 4.82. The van der Waals surface area contributed by atoms with Crippen LogP contribution in [0.5, 0.6) is 0 Å². The van der Waals surface area contributed by atoms with E-state index in [0.29, 0.717) is 0 Å². The van der Waals surface area contributed by atoms with E-state index in [-0.39, 0.29) is 6.17 Å². The molecule has 1 atom stereocenters. The smallest absolute Gasteiger partial charge is 0.134 e. The third kappa shape index (κ3) is 1.98. The Labute approximate surface area is 140 Å². The van der Waals surface area contributed by atoms with Gasteiger partial charge in [-0.15, -0.1) is 0 Å². The molecule has 0 radical (unpaired) electrons. The van der Waals surface area contributed by atoms with E-state index in [4.69, 9.17) is 4.99 Å². The molecule has 2 aliphatic heterocycles. The fraction of sp³-hybridized carbons (Fsp3) is 0.211. The molecule has 5 nitrogen and oxygen atoms in total. The Hall–Kier alpha value is -2.95. The summed E-state index contributed by atoms with van der Waals surface area (Å²) in [5, 5.41) is 3.68. The van der Waals surface area contributed by atoms with E-state index in [9.17, 15) is 0 Å². The third-order valence-electron chi connectivity index (χ3n) is 4.69. The molecule has 3 aromatic rings. The van der Waals surface area contributed by atoms with Crippen molar-refractivity contribution in [3.05, 3.63) is 66.0 Å². The molecule has 5 heteroatoms. The molecule has 0 amide bonds. The number of fused-ring (bicyclic) bond motifs is 4. The summed E-state index contributed by atoms with van der Waals surface area (Å²) in [5.74, 6) is 1.08. The van der Waals surface area contributed by atoms with Gasteiger partial charge in [0.2, 0.25) is 0 Å². The minimum absolute atomic E-state index is 0.0272. The van der Waals surface area contributed by atoms with Crippen molar-refractivity contribution in [3.8, 4) is 0 Å². The second kappa shape index (κ2) is 5.30. The molecule has 24 heavy (non-hydrogen) atoms. The minimum Gasteiger partial charge on any atom is -0.361 e. The van der Waals surface area contributed by atoms with Crippen LogP contribution in [0.4, 0.5) is 5.69 Å². The van der Waals surface area contributed by atoms with Crippen molar-refractivity contribution in [2.45, 2.75) is 12.6 Å². The van der Waals surface area contributed by atoms with Gasteiger partial charge in [-0.25, -0.2) is 0 Å². The number of nitrogens with one attached hydrogen (secondary N) is 1. The van der Waals surface area contributed by atoms with Crippen LogP contribution in [0.3, 0.4) is 0 Å². The van der Waals surface area contributed by atoms with Gasteiger partial charge >= 0.3 is 0 Å². The van der Waals surface area contributed by atoms with Crippen LogP contribution in [0.25, 0.3) is 11.0 Å². The number of para-hydroxylation sites is 2. The lowest BCUT2D eigenvalue weighted by molar-refractivity contribution is 0.324. The molecule has 2 aromatic carbocycles. The van der Waals surface area contributed by atoms with E-state index in [1.807, 2.05) is 6.07 Å². The molecule has 1 N–H and O–H groups in total. The fourth-order valence-corrected chi connectivity index (χ4v) is 3.62. The van der Waals surface area contributed by atoms with Crippen LogP contribution in [-0.2, 0) is 0 Å². The van der Waals surface area contributed by atoms with Crippen LogP contribution in [0.1, 0.15) is 23.7 Å². The topological polar surface area (TPSA) is 53.4 Å². The number of amidine groups is 1. The fourth-order valence-electron chi connectivity index (χ4n) is 3.62. The number of anilines is 1. The molecule has 0 saturated heterocycles. The molecule has 0 bridgehead atoms. The first-order valence-electron chi connectivity index (χ1n) is 8.28. The van der Waals surface area contributed by atoms with Gasteiger partial charge in [-0.05, 0) is 24.6 Å². The second-order valence-electron chi connectivity index (χ2n) is 6.12. The predicted molar refractivity (Wildman–Crippen MR) is 95.1 cm³/mol. The third-order valence-corrected chi connectivity index (χ3v) is 4.69. The summed E-state index contributed by atoms with van der Waals surface area (Å²) in [5.41, 5.74) is 5.32. The maximum absolute atomic E-state index is 4.82. The van der Waals surface area contributed by atoms with Crippen LogP contribution in [0.2, 0.25) is 0 Å². The number of aromatic nitrogens is 2. The molecule has 3 heterocycles. The first kappa shape index (κ1) is 13.5. The number of aliphatic imine (C=N–C) groups is 1. The van der Waals surface area contributed by atoms with Crippen molar-refractivity contribution in [2.24, 2.45) is 4.99 Å². The molecule has 0 spiro atoms. The molecule has 2 aliphatic rings. The zero-order chi connectivity index (χ0) is 15.9. The summed E-state index contributed by atoms with van der Waals surface area (Å²) >= 11 is 0. The van der Waals surface area contributed by atoms with Crippen molar-refractivity contribution in [2.75, 3.05) is 18.4 Å². The van der Waals surface area contributed by atoms with Crippen molar-refractivity contribution in [1.29, 1.82) is 0 Å². The van der Waals surface area contributed by atoms with Crippen molar-refractivity contribution >= 4 is 22.6 Å². The van der Waals surface area contributed by atoms with Crippen molar-refractivity contribution < 1.29 is 0 Å². The van der Waals surface area contributed by atoms with Gasteiger partial charge in [0, 0.05) is 42.3 Å². The van der Waals surface area contributed by atoms with E-state index in [2.05, 4.69) is 56.6 Å². The van der Waals surface area contributed by atoms with E-state index < -0.39 is 0 Å². The largest absolute Gasteiger partial charge is 0.361 e. The lowest BCUT2D eigenvalue weighted by Crippen LogP contribution is -2.46. The highest BCUT2D eigenvalue weighted by atomic mass is 15.3. The molecule has 0 aliphatic carbocycles. The highest BCUT2D eigenvalue weighted by Gasteiger charge is 2.33. The predicted octanol–water partition coefficient (Wildman–Crippen LogP) is 3.21. The zero-order valence-corrected chi connectivity index (χ0v) is 13.2. The first-order valence-corrected chi connectivity index (χ1v) is 8.28. The normalized spacial score (nSPS) is 19.2.